The molecule has 9 nitrogen and oxygen atoms in total. The number of allylic oxidation sites excluding steroid dienone is 2. The molecule has 0 radical (unpaired) electrons. The minimum absolute atomic E-state index is 0.0431. The molecule has 4 atom stereocenters. The molecule has 0 aromatic carbocycles. The third-order valence-electron chi connectivity index (χ3n) is 12.3. The largest absolute Gasteiger partial charge is 0.756 e. The van der Waals surface area contributed by atoms with E-state index in [0.717, 1.165) is 32.1 Å². The molecule has 370 valence electrons. The van der Waals surface area contributed by atoms with Crippen LogP contribution >= 0.6 is 7.82 Å². The summed E-state index contributed by atoms with van der Waals surface area (Å²) in [6.07, 6.45) is 48.5. The molecule has 62 heavy (non-hydrogen) atoms. The zero-order chi connectivity index (χ0) is 45.8. The molecule has 0 aromatic heterocycles. The Morgan fingerprint density at radius 3 is 1.31 bits per heavy atom. The standard InChI is InChI=1S/C52H105N2O7P/c1-6-8-10-12-14-16-18-20-21-22-23-24-25-26-27-28-29-30-31-32-33-35-37-39-41-43-45-51(56)53-49(48-61-62(58,59)60-47-46-54(3,4)5)52(57)50(55)44-42-40-38-36-34-19-17-15-13-11-9-7-2/h36,38,49-50,52,55,57H,6-35,37,39-48H2,1-5H3,(H-,53,56,58,59)/b38-36+. The van der Waals surface area contributed by atoms with Crippen LogP contribution in [-0.4, -0.2) is 79.8 Å². The van der Waals surface area contributed by atoms with Gasteiger partial charge in [-0.3, -0.25) is 9.36 Å². The van der Waals surface area contributed by atoms with E-state index in [4.69, 9.17) is 9.05 Å². The summed E-state index contributed by atoms with van der Waals surface area (Å²) in [5.74, 6) is -0.283. The summed E-state index contributed by atoms with van der Waals surface area (Å²) in [7, 11) is 1.12. The molecule has 0 aliphatic heterocycles. The topological polar surface area (TPSA) is 128 Å². The number of amides is 1. The summed E-state index contributed by atoms with van der Waals surface area (Å²) in [5, 5.41) is 24.7. The van der Waals surface area contributed by atoms with Gasteiger partial charge in [-0.15, -0.1) is 0 Å². The fourth-order valence-electron chi connectivity index (χ4n) is 8.08. The maximum atomic E-state index is 12.9. The van der Waals surface area contributed by atoms with E-state index in [1.807, 2.05) is 21.1 Å². The number of hydrogen-bond donors (Lipinski definition) is 3. The number of nitrogens with one attached hydrogen (secondary N) is 1. The Morgan fingerprint density at radius 1 is 0.565 bits per heavy atom. The number of phosphoric ester groups is 1. The highest BCUT2D eigenvalue weighted by Gasteiger charge is 2.29. The van der Waals surface area contributed by atoms with Crippen molar-refractivity contribution in [3.05, 3.63) is 12.2 Å². The molecule has 0 rings (SSSR count). The molecular formula is C52H105N2O7P. The van der Waals surface area contributed by atoms with Crippen molar-refractivity contribution in [1.82, 2.24) is 5.32 Å². The van der Waals surface area contributed by atoms with Crippen LogP contribution in [0.2, 0.25) is 0 Å². The number of aliphatic hydroxyl groups excluding tert-OH is 2. The summed E-state index contributed by atoms with van der Waals surface area (Å²) in [5.41, 5.74) is 0. The number of aliphatic hydroxyl groups is 2. The molecule has 0 saturated heterocycles. The van der Waals surface area contributed by atoms with Gasteiger partial charge in [0.2, 0.25) is 5.91 Å². The van der Waals surface area contributed by atoms with Crippen LogP contribution in [0.4, 0.5) is 0 Å². The van der Waals surface area contributed by atoms with Gasteiger partial charge in [-0.05, 0) is 38.5 Å². The number of phosphoric acid groups is 1. The zero-order valence-electron chi connectivity index (χ0n) is 41.7. The SMILES string of the molecule is CCCCCCCCC/C=C/CCCC(O)C(O)C(COP(=O)([O-])OCC[N+](C)(C)C)NC(=O)CCCCCCCCCCCCCCCCCCCCCCCCCCCC. The van der Waals surface area contributed by atoms with Crippen molar-refractivity contribution in [2.24, 2.45) is 0 Å². The van der Waals surface area contributed by atoms with E-state index in [9.17, 15) is 24.5 Å². The number of hydrogen-bond acceptors (Lipinski definition) is 7. The quantitative estimate of drug-likeness (QED) is 0.0240. The first-order chi connectivity index (χ1) is 29.9. The van der Waals surface area contributed by atoms with Crippen LogP contribution < -0.4 is 10.2 Å². The molecule has 10 heteroatoms. The Morgan fingerprint density at radius 2 is 0.919 bits per heavy atom. The Hall–Kier alpha value is -0.800. The van der Waals surface area contributed by atoms with Crippen LogP contribution in [0, 0.1) is 0 Å². The minimum Gasteiger partial charge on any atom is -0.756 e. The average Bonchev–Trinajstić information content (AvgIpc) is 3.23. The number of carbonyl (C=O) groups is 1. The Labute approximate surface area is 385 Å². The molecule has 1 amide bonds. The van der Waals surface area contributed by atoms with Crippen LogP contribution in [0.3, 0.4) is 0 Å². The summed E-state index contributed by atoms with van der Waals surface area (Å²) < 4.78 is 23.2. The highest BCUT2D eigenvalue weighted by Crippen LogP contribution is 2.38. The predicted molar refractivity (Wildman–Crippen MR) is 262 cm³/mol. The predicted octanol–water partition coefficient (Wildman–Crippen LogP) is 13.8. The molecule has 4 unspecified atom stereocenters. The molecule has 0 aliphatic carbocycles. The number of nitrogens with zero attached hydrogens (tertiary/aromatic N) is 1. The Bertz CT molecular complexity index is 1040. The number of quaternary nitrogens is 1. The Kier molecular flexibility index (Phi) is 43.5. The van der Waals surface area contributed by atoms with Gasteiger partial charge in [0.15, 0.2) is 0 Å². The van der Waals surface area contributed by atoms with E-state index < -0.39 is 32.7 Å². The monoisotopic (exact) mass is 901 g/mol. The van der Waals surface area contributed by atoms with Crippen molar-refractivity contribution >= 4 is 13.7 Å². The third-order valence-corrected chi connectivity index (χ3v) is 13.3. The summed E-state index contributed by atoms with van der Waals surface area (Å²) in [4.78, 5) is 25.5. The van der Waals surface area contributed by atoms with Gasteiger partial charge in [0, 0.05) is 6.42 Å². The number of rotatable bonds is 49. The normalized spacial score (nSPS) is 14.6. The molecule has 0 heterocycles. The van der Waals surface area contributed by atoms with Crippen molar-refractivity contribution in [3.8, 4) is 0 Å². The molecular weight excluding hydrogens is 796 g/mol. The van der Waals surface area contributed by atoms with E-state index in [1.54, 1.807) is 0 Å². The summed E-state index contributed by atoms with van der Waals surface area (Å²) in [6, 6.07) is -1.08. The van der Waals surface area contributed by atoms with Crippen molar-refractivity contribution in [3.63, 3.8) is 0 Å². The second-order valence-corrected chi connectivity index (χ2v) is 21.1. The molecule has 0 bridgehead atoms. The summed E-state index contributed by atoms with van der Waals surface area (Å²) in [6.45, 7) is 4.44. The lowest BCUT2D eigenvalue weighted by Gasteiger charge is -2.31. The van der Waals surface area contributed by atoms with Gasteiger partial charge in [-0.25, -0.2) is 0 Å². The summed E-state index contributed by atoms with van der Waals surface area (Å²) >= 11 is 0. The van der Waals surface area contributed by atoms with Gasteiger partial charge < -0.3 is 34.0 Å². The van der Waals surface area contributed by atoms with Gasteiger partial charge in [-0.2, -0.15) is 0 Å². The third kappa shape index (κ3) is 44.4. The number of carbonyl (C=O) groups excluding carboxylic acids is 1. The van der Waals surface area contributed by atoms with Crippen molar-refractivity contribution in [1.29, 1.82) is 0 Å². The van der Waals surface area contributed by atoms with Gasteiger partial charge in [-0.1, -0.05) is 225 Å². The lowest BCUT2D eigenvalue weighted by molar-refractivity contribution is -0.870. The Balaban J connectivity index is 4.20. The van der Waals surface area contributed by atoms with Gasteiger partial charge in [0.05, 0.1) is 39.9 Å². The molecule has 0 aromatic rings. The van der Waals surface area contributed by atoms with Gasteiger partial charge in [0.25, 0.3) is 7.82 Å². The first-order valence-corrected chi connectivity index (χ1v) is 28.1. The second-order valence-electron chi connectivity index (χ2n) is 19.7. The average molecular weight is 901 g/mol. The van der Waals surface area contributed by atoms with Crippen molar-refractivity contribution < 1.29 is 38.0 Å². The van der Waals surface area contributed by atoms with Crippen LogP contribution in [0.5, 0.6) is 0 Å². The van der Waals surface area contributed by atoms with E-state index in [0.29, 0.717) is 23.9 Å². The molecule has 0 saturated carbocycles. The lowest BCUT2D eigenvalue weighted by Crippen LogP contribution is -2.51. The van der Waals surface area contributed by atoms with Crippen molar-refractivity contribution in [2.45, 2.75) is 276 Å². The van der Waals surface area contributed by atoms with Crippen LogP contribution in [0.15, 0.2) is 12.2 Å². The maximum Gasteiger partial charge on any atom is 0.268 e. The lowest BCUT2D eigenvalue weighted by atomic mass is 10.0. The van der Waals surface area contributed by atoms with E-state index in [1.165, 1.54) is 193 Å². The minimum atomic E-state index is -4.67. The van der Waals surface area contributed by atoms with Gasteiger partial charge in [0.1, 0.15) is 19.3 Å². The van der Waals surface area contributed by atoms with Crippen LogP contribution in [0.25, 0.3) is 0 Å². The fraction of sp³-hybridized carbons (Fsp3) is 0.942. The van der Waals surface area contributed by atoms with Crippen LogP contribution in [-0.2, 0) is 18.4 Å². The highest BCUT2D eigenvalue weighted by atomic mass is 31.2. The second kappa shape index (κ2) is 44.1. The smallest absolute Gasteiger partial charge is 0.268 e. The number of likely N-dealkylation sites (N-methyl/N-ethyl adjacent to an activating group) is 1. The molecule has 0 fully saturated rings. The van der Waals surface area contributed by atoms with E-state index >= 15 is 0 Å². The molecule has 0 spiro atoms. The van der Waals surface area contributed by atoms with E-state index in [-0.39, 0.29) is 18.9 Å². The fourth-order valence-corrected chi connectivity index (χ4v) is 8.80. The molecule has 3 N–H and O–H groups in total. The number of unbranched alkanes of at least 4 members (excludes halogenated alkanes) is 33. The van der Waals surface area contributed by atoms with Crippen LogP contribution in [0.1, 0.15) is 258 Å². The zero-order valence-corrected chi connectivity index (χ0v) is 42.6. The molecule has 0 aliphatic rings. The van der Waals surface area contributed by atoms with Gasteiger partial charge >= 0.3 is 0 Å². The van der Waals surface area contributed by atoms with Crippen molar-refractivity contribution in [2.75, 3.05) is 40.9 Å². The first kappa shape index (κ1) is 61.2. The maximum absolute atomic E-state index is 12.9. The highest BCUT2D eigenvalue weighted by molar-refractivity contribution is 7.45. The van der Waals surface area contributed by atoms with E-state index in [2.05, 4.69) is 31.3 Å². The first-order valence-electron chi connectivity index (χ1n) is 26.6.